The minimum absolute atomic E-state index is 0.0216. The number of rotatable bonds is 11. The van der Waals surface area contributed by atoms with Crippen LogP contribution in [0.3, 0.4) is 0 Å². The number of halogens is 1. The fourth-order valence-corrected chi connectivity index (χ4v) is 3.94. The number of nitrogens with zero attached hydrogens (tertiary/aromatic N) is 1. The molecule has 0 radical (unpaired) electrons. The number of carbonyl (C=O) groups excluding carboxylic acids is 2. The highest BCUT2D eigenvalue weighted by Gasteiger charge is 2.15. The highest BCUT2D eigenvalue weighted by atomic mass is 79.9. The number of ether oxygens (including phenoxy) is 1. The van der Waals surface area contributed by atoms with Crippen LogP contribution in [-0.2, 0) is 0 Å². The highest BCUT2D eigenvalue weighted by Crippen LogP contribution is 2.26. The molecule has 2 rings (SSSR count). The van der Waals surface area contributed by atoms with Crippen LogP contribution in [0.25, 0.3) is 0 Å². The molecule has 0 aromatic heterocycles. The molecule has 0 heterocycles. The third kappa shape index (κ3) is 8.72. The predicted octanol–water partition coefficient (Wildman–Crippen LogP) is 6.26. The average Bonchev–Trinajstić information content (AvgIpc) is 2.79. The fraction of sp³-hybridized carbons (Fsp3) is 0.423. The van der Waals surface area contributed by atoms with Gasteiger partial charge in [-0.2, -0.15) is 0 Å². The Kier molecular flexibility index (Phi) is 11.5. The van der Waals surface area contributed by atoms with Gasteiger partial charge in [-0.3, -0.25) is 14.9 Å². The first-order chi connectivity index (χ1) is 16.2. The van der Waals surface area contributed by atoms with E-state index in [0.717, 1.165) is 32.4 Å². The fourth-order valence-electron chi connectivity index (χ4n) is 3.23. The summed E-state index contributed by atoms with van der Waals surface area (Å²) in [6, 6.07) is 12.3. The number of amides is 2. The summed E-state index contributed by atoms with van der Waals surface area (Å²) in [5.74, 6) is 0.955. The van der Waals surface area contributed by atoms with E-state index in [9.17, 15) is 9.59 Å². The monoisotopic (exact) mass is 547 g/mol. The Morgan fingerprint density at radius 2 is 1.65 bits per heavy atom. The number of nitrogens with one attached hydrogen (secondary N) is 2. The van der Waals surface area contributed by atoms with Crippen LogP contribution in [0.2, 0.25) is 0 Å². The standard InChI is InChI=1S/C26H34BrN3O3S/c1-5-14-30(15-6-2)25(32)19-7-10-21(11-8-19)28-26(34)29-24(31)20-9-12-23(22(27)17-20)33-16-13-18(3)4/h7-12,17-18H,5-6,13-16H2,1-4H3,(H2,28,29,31,34). The SMILES string of the molecule is CCCN(CCC)C(=O)c1ccc(NC(=S)NC(=O)c2ccc(OCCC(C)C)c(Br)c2)cc1. The Morgan fingerprint density at radius 3 is 2.21 bits per heavy atom. The van der Waals surface area contributed by atoms with E-state index in [1.807, 2.05) is 4.90 Å². The van der Waals surface area contributed by atoms with Gasteiger partial charge in [-0.15, -0.1) is 0 Å². The second kappa shape index (κ2) is 14.1. The molecular weight excluding hydrogens is 514 g/mol. The molecule has 0 unspecified atom stereocenters. The molecule has 2 aromatic carbocycles. The molecule has 0 fully saturated rings. The lowest BCUT2D eigenvalue weighted by molar-refractivity contribution is 0.0755. The first-order valence-corrected chi connectivity index (χ1v) is 12.9. The third-order valence-electron chi connectivity index (χ3n) is 5.04. The molecule has 34 heavy (non-hydrogen) atoms. The number of benzene rings is 2. The molecule has 0 spiro atoms. The minimum Gasteiger partial charge on any atom is -0.492 e. The molecular formula is C26H34BrN3O3S. The Labute approximate surface area is 216 Å². The molecule has 0 aliphatic rings. The Hall–Kier alpha value is -2.45. The van der Waals surface area contributed by atoms with E-state index < -0.39 is 0 Å². The lowest BCUT2D eigenvalue weighted by Crippen LogP contribution is -2.34. The van der Waals surface area contributed by atoms with Crippen molar-refractivity contribution in [3.63, 3.8) is 0 Å². The van der Waals surface area contributed by atoms with Gasteiger partial charge in [0, 0.05) is 29.9 Å². The van der Waals surface area contributed by atoms with E-state index in [0.29, 0.717) is 39.6 Å². The van der Waals surface area contributed by atoms with Gasteiger partial charge in [0.2, 0.25) is 0 Å². The van der Waals surface area contributed by atoms with Crippen molar-refractivity contribution < 1.29 is 14.3 Å². The molecule has 6 nitrogen and oxygen atoms in total. The molecule has 2 aromatic rings. The molecule has 0 atom stereocenters. The summed E-state index contributed by atoms with van der Waals surface area (Å²) in [5.41, 5.74) is 1.78. The van der Waals surface area contributed by atoms with Crippen LogP contribution < -0.4 is 15.4 Å². The van der Waals surface area contributed by atoms with Crippen molar-refractivity contribution >= 4 is 50.8 Å². The number of carbonyl (C=O) groups is 2. The Balaban J connectivity index is 1.93. The Bertz CT molecular complexity index is 974. The maximum Gasteiger partial charge on any atom is 0.257 e. The lowest BCUT2D eigenvalue weighted by Gasteiger charge is -2.21. The van der Waals surface area contributed by atoms with Gasteiger partial charge in [-0.1, -0.05) is 27.7 Å². The zero-order valence-corrected chi connectivity index (χ0v) is 22.7. The molecule has 0 saturated carbocycles. The van der Waals surface area contributed by atoms with Crippen molar-refractivity contribution in [3.05, 3.63) is 58.1 Å². The second-order valence-corrected chi connectivity index (χ2v) is 9.72. The molecule has 0 aliphatic heterocycles. The van der Waals surface area contributed by atoms with Crippen molar-refractivity contribution in [2.75, 3.05) is 25.0 Å². The van der Waals surface area contributed by atoms with Crippen molar-refractivity contribution in [1.82, 2.24) is 10.2 Å². The largest absolute Gasteiger partial charge is 0.492 e. The van der Waals surface area contributed by atoms with Gasteiger partial charge < -0.3 is 15.0 Å². The van der Waals surface area contributed by atoms with E-state index in [2.05, 4.69) is 54.3 Å². The van der Waals surface area contributed by atoms with Crippen LogP contribution in [0.4, 0.5) is 5.69 Å². The van der Waals surface area contributed by atoms with Crippen LogP contribution in [-0.4, -0.2) is 41.5 Å². The van der Waals surface area contributed by atoms with Gasteiger partial charge in [0.15, 0.2) is 5.11 Å². The first kappa shape index (κ1) is 27.8. The molecule has 184 valence electrons. The molecule has 8 heteroatoms. The molecule has 0 saturated heterocycles. The number of hydrogen-bond acceptors (Lipinski definition) is 4. The van der Waals surface area contributed by atoms with Crippen molar-refractivity contribution in [3.8, 4) is 5.75 Å². The summed E-state index contributed by atoms with van der Waals surface area (Å²) in [5, 5.41) is 5.85. The maximum absolute atomic E-state index is 12.7. The predicted molar refractivity (Wildman–Crippen MR) is 146 cm³/mol. The van der Waals surface area contributed by atoms with Crippen LogP contribution in [0.5, 0.6) is 5.75 Å². The van der Waals surface area contributed by atoms with Gasteiger partial charge in [-0.25, -0.2) is 0 Å². The average molecular weight is 549 g/mol. The highest BCUT2D eigenvalue weighted by molar-refractivity contribution is 9.10. The summed E-state index contributed by atoms with van der Waals surface area (Å²) >= 11 is 8.76. The van der Waals surface area contributed by atoms with Crippen LogP contribution in [0.15, 0.2) is 46.9 Å². The van der Waals surface area contributed by atoms with Gasteiger partial charge in [-0.05, 0) is 95.8 Å². The van der Waals surface area contributed by atoms with Crippen molar-refractivity contribution in [2.24, 2.45) is 5.92 Å². The molecule has 2 amide bonds. The molecule has 0 bridgehead atoms. The molecule has 2 N–H and O–H groups in total. The lowest BCUT2D eigenvalue weighted by atomic mass is 10.1. The van der Waals surface area contributed by atoms with E-state index in [-0.39, 0.29) is 16.9 Å². The maximum atomic E-state index is 12.7. The summed E-state index contributed by atoms with van der Waals surface area (Å²) < 4.78 is 6.48. The summed E-state index contributed by atoms with van der Waals surface area (Å²) in [4.78, 5) is 27.2. The first-order valence-electron chi connectivity index (χ1n) is 11.7. The van der Waals surface area contributed by atoms with E-state index in [4.69, 9.17) is 17.0 Å². The van der Waals surface area contributed by atoms with Crippen LogP contribution in [0.1, 0.15) is 67.7 Å². The number of thiocarbonyl (C=S) groups is 1. The smallest absolute Gasteiger partial charge is 0.257 e. The van der Waals surface area contributed by atoms with Gasteiger partial charge in [0.25, 0.3) is 11.8 Å². The second-order valence-electron chi connectivity index (χ2n) is 8.45. The van der Waals surface area contributed by atoms with Crippen molar-refractivity contribution in [1.29, 1.82) is 0 Å². The number of hydrogen-bond donors (Lipinski definition) is 2. The van der Waals surface area contributed by atoms with Crippen molar-refractivity contribution in [2.45, 2.75) is 47.0 Å². The van der Waals surface area contributed by atoms with Crippen LogP contribution in [0, 0.1) is 5.92 Å². The summed E-state index contributed by atoms with van der Waals surface area (Å²) in [6.45, 7) is 10.5. The zero-order valence-electron chi connectivity index (χ0n) is 20.3. The quantitative estimate of drug-likeness (QED) is 0.324. The third-order valence-corrected chi connectivity index (χ3v) is 5.86. The van der Waals surface area contributed by atoms with E-state index in [1.165, 1.54) is 0 Å². The number of anilines is 1. The Morgan fingerprint density at radius 1 is 1.03 bits per heavy atom. The van der Waals surface area contributed by atoms with Crippen LogP contribution >= 0.6 is 28.1 Å². The van der Waals surface area contributed by atoms with E-state index >= 15 is 0 Å². The topological polar surface area (TPSA) is 70.7 Å². The zero-order chi connectivity index (χ0) is 25.1. The normalized spacial score (nSPS) is 10.6. The van der Waals surface area contributed by atoms with Gasteiger partial charge in [0.05, 0.1) is 11.1 Å². The van der Waals surface area contributed by atoms with E-state index in [1.54, 1.807) is 42.5 Å². The minimum atomic E-state index is -0.325. The summed E-state index contributed by atoms with van der Waals surface area (Å²) in [7, 11) is 0. The van der Waals surface area contributed by atoms with Gasteiger partial charge in [0.1, 0.15) is 5.75 Å². The summed E-state index contributed by atoms with van der Waals surface area (Å²) in [6.07, 6.45) is 2.80. The van der Waals surface area contributed by atoms with Gasteiger partial charge >= 0.3 is 0 Å². The molecule has 0 aliphatic carbocycles.